The lowest BCUT2D eigenvalue weighted by molar-refractivity contribution is 0.0924. The molecule has 1 unspecified atom stereocenters. The smallest absolute Gasteiger partial charge is 0.291 e. The van der Waals surface area contributed by atoms with Gasteiger partial charge in [0.15, 0.2) is 5.76 Å². The van der Waals surface area contributed by atoms with E-state index in [0.717, 1.165) is 24.4 Å². The Hall–Kier alpha value is -3.58. The van der Waals surface area contributed by atoms with Gasteiger partial charge in [-0.25, -0.2) is 0 Å². The van der Waals surface area contributed by atoms with Gasteiger partial charge in [0.2, 0.25) is 0 Å². The van der Waals surface area contributed by atoms with Gasteiger partial charge in [-0.15, -0.1) is 0 Å². The fourth-order valence-corrected chi connectivity index (χ4v) is 4.11. The van der Waals surface area contributed by atoms with Crippen LogP contribution in [0.4, 0.5) is 5.69 Å². The van der Waals surface area contributed by atoms with Crippen molar-refractivity contribution in [2.45, 2.75) is 25.3 Å². The second-order valence-corrected chi connectivity index (χ2v) is 8.10. The Labute approximate surface area is 193 Å². The van der Waals surface area contributed by atoms with Gasteiger partial charge in [0, 0.05) is 17.8 Å². The number of methoxy groups -OCH3 is 1. The van der Waals surface area contributed by atoms with Gasteiger partial charge in [-0.3, -0.25) is 14.5 Å². The molecular weight excluding hydrogens is 418 g/mol. The number of hydrogen-bond acceptors (Lipinski definition) is 5. The van der Waals surface area contributed by atoms with Crippen LogP contribution in [0.5, 0.6) is 5.75 Å². The van der Waals surface area contributed by atoms with E-state index in [0.29, 0.717) is 17.8 Å². The number of ether oxygens (including phenoxy) is 1. The molecule has 1 saturated heterocycles. The van der Waals surface area contributed by atoms with Crippen molar-refractivity contribution < 1.29 is 18.7 Å². The second kappa shape index (κ2) is 10.8. The van der Waals surface area contributed by atoms with Crippen molar-refractivity contribution in [3.05, 3.63) is 83.8 Å². The summed E-state index contributed by atoms with van der Waals surface area (Å²) in [5.41, 5.74) is 2.30. The Morgan fingerprint density at radius 2 is 1.70 bits per heavy atom. The molecule has 0 saturated carbocycles. The van der Waals surface area contributed by atoms with E-state index in [9.17, 15) is 9.59 Å². The summed E-state index contributed by atoms with van der Waals surface area (Å²) in [7, 11) is 1.66. The first kappa shape index (κ1) is 22.6. The molecule has 1 atom stereocenters. The van der Waals surface area contributed by atoms with Gasteiger partial charge in [-0.1, -0.05) is 18.6 Å². The van der Waals surface area contributed by atoms with Crippen LogP contribution in [0.15, 0.2) is 71.3 Å². The van der Waals surface area contributed by atoms with E-state index >= 15 is 0 Å². The summed E-state index contributed by atoms with van der Waals surface area (Å²) in [6.45, 7) is 2.56. The molecule has 2 aromatic carbocycles. The molecule has 2 amide bonds. The van der Waals surface area contributed by atoms with E-state index in [-0.39, 0.29) is 23.6 Å². The molecule has 172 valence electrons. The molecule has 0 bridgehead atoms. The molecule has 4 rings (SSSR count). The first-order chi connectivity index (χ1) is 16.1. The maximum atomic E-state index is 12.8. The standard InChI is InChI=1S/C26H29N3O4/c1-32-22-13-9-19(10-14-22)23(29-15-3-2-4-16-29)18-27-25(30)20-7-11-21(12-8-20)28-26(31)24-6-5-17-33-24/h5-14,17,23H,2-4,15-16,18H2,1H3,(H,27,30)(H,28,31). The molecule has 1 aromatic heterocycles. The summed E-state index contributed by atoms with van der Waals surface area (Å²) in [5, 5.41) is 5.85. The Balaban J connectivity index is 1.39. The van der Waals surface area contributed by atoms with Crippen molar-refractivity contribution in [1.82, 2.24) is 10.2 Å². The summed E-state index contributed by atoms with van der Waals surface area (Å²) in [4.78, 5) is 27.4. The van der Waals surface area contributed by atoms with E-state index < -0.39 is 0 Å². The molecule has 33 heavy (non-hydrogen) atoms. The number of rotatable bonds is 8. The number of carbonyl (C=O) groups is 2. The number of anilines is 1. The summed E-state index contributed by atoms with van der Waals surface area (Å²) in [6, 6.07) is 18.3. The Kier molecular flexibility index (Phi) is 7.42. The number of benzene rings is 2. The van der Waals surface area contributed by atoms with Crippen LogP contribution in [0.1, 0.15) is 51.8 Å². The van der Waals surface area contributed by atoms with Crippen LogP contribution >= 0.6 is 0 Å². The largest absolute Gasteiger partial charge is 0.497 e. The van der Waals surface area contributed by atoms with E-state index in [1.54, 1.807) is 43.5 Å². The van der Waals surface area contributed by atoms with Gasteiger partial charge in [-0.2, -0.15) is 0 Å². The highest BCUT2D eigenvalue weighted by Gasteiger charge is 2.23. The lowest BCUT2D eigenvalue weighted by Gasteiger charge is -2.35. The van der Waals surface area contributed by atoms with Crippen LogP contribution in [0.25, 0.3) is 0 Å². The Morgan fingerprint density at radius 1 is 0.970 bits per heavy atom. The molecule has 7 heteroatoms. The Morgan fingerprint density at radius 3 is 2.33 bits per heavy atom. The van der Waals surface area contributed by atoms with E-state index in [2.05, 4.69) is 27.7 Å². The van der Waals surface area contributed by atoms with Crippen LogP contribution in [0.2, 0.25) is 0 Å². The minimum Gasteiger partial charge on any atom is -0.497 e. The number of likely N-dealkylation sites (tertiary alicyclic amines) is 1. The van der Waals surface area contributed by atoms with Gasteiger partial charge in [0.05, 0.1) is 19.4 Å². The van der Waals surface area contributed by atoms with E-state index in [4.69, 9.17) is 9.15 Å². The molecule has 1 aliphatic rings. The molecule has 1 aliphatic heterocycles. The number of hydrogen-bond donors (Lipinski definition) is 2. The topological polar surface area (TPSA) is 83.8 Å². The minimum absolute atomic E-state index is 0.104. The molecule has 1 fully saturated rings. The van der Waals surface area contributed by atoms with Gasteiger partial charge in [-0.05, 0) is 80.0 Å². The Bertz CT molecular complexity index is 1040. The van der Waals surface area contributed by atoms with Crippen molar-refractivity contribution in [3.63, 3.8) is 0 Å². The van der Waals surface area contributed by atoms with Crippen LogP contribution in [-0.2, 0) is 0 Å². The fourth-order valence-electron chi connectivity index (χ4n) is 4.11. The summed E-state index contributed by atoms with van der Waals surface area (Å²) in [5.74, 6) is 0.578. The normalized spacial score (nSPS) is 14.9. The van der Waals surface area contributed by atoms with Gasteiger partial charge >= 0.3 is 0 Å². The predicted molar refractivity (Wildman–Crippen MR) is 127 cm³/mol. The molecule has 0 radical (unpaired) electrons. The van der Waals surface area contributed by atoms with Crippen LogP contribution < -0.4 is 15.4 Å². The van der Waals surface area contributed by atoms with Crippen molar-refractivity contribution in [3.8, 4) is 5.75 Å². The van der Waals surface area contributed by atoms with Crippen molar-refractivity contribution in [1.29, 1.82) is 0 Å². The number of carbonyl (C=O) groups excluding carboxylic acids is 2. The predicted octanol–water partition coefficient (Wildman–Crippen LogP) is 4.50. The van der Waals surface area contributed by atoms with Crippen LogP contribution in [-0.4, -0.2) is 43.5 Å². The SMILES string of the molecule is COc1ccc(C(CNC(=O)c2ccc(NC(=O)c3ccco3)cc2)N2CCCCC2)cc1. The van der Waals surface area contributed by atoms with Gasteiger partial charge in [0.1, 0.15) is 5.75 Å². The molecule has 0 aliphatic carbocycles. The zero-order chi connectivity index (χ0) is 23.0. The molecule has 3 aromatic rings. The molecule has 2 N–H and O–H groups in total. The van der Waals surface area contributed by atoms with Crippen LogP contribution in [0.3, 0.4) is 0 Å². The first-order valence-electron chi connectivity index (χ1n) is 11.2. The fraction of sp³-hybridized carbons (Fsp3) is 0.308. The summed E-state index contributed by atoms with van der Waals surface area (Å²) < 4.78 is 10.4. The third-order valence-electron chi connectivity index (χ3n) is 5.94. The number of nitrogens with zero attached hydrogens (tertiary/aromatic N) is 1. The first-order valence-corrected chi connectivity index (χ1v) is 11.2. The number of furan rings is 1. The monoisotopic (exact) mass is 447 g/mol. The second-order valence-electron chi connectivity index (χ2n) is 8.10. The number of piperidine rings is 1. The summed E-state index contributed by atoms with van der Waals surface area (Å²) >= 11 is 0. The van der Waals surface area contributed by atoms with Gasteiger partial charge in [0.25, 0.3) is 11.8 Å². The van der Waals surface area contributed by atoms with E-state index in [1.165, 1.54) is 25.5 Å². The number of nitrogens with one attached hydrogen (secondary N) is 2. The molecule has 7 nitrogen and oxygen atoms in total. The lowest BCUT2D eigenvalue weighted by atomic mass is 10.0. The average molecular weight is 448 g/mol. The zero-order valence-electron chi connectivity index (χ0n) is 18.8. The highest BCUT2D eigenvalue weighted by atomic mass is 16.5. The third kappa shape index (κ3) is 5.81. The molecular formula is C26H29N3O4. The highest BCUT2D eigenvalue weighted by Crippen LogP contribution is 2.26. The van der Waals surface area contributed by atoms with Crippen LogP contribution in [0, 0.1) is 0 Å². The zero-order valence-corrected chi connectivity index (χ0v) is 18.8. The molecule has 0 spiro atoms. The van der Waals surface area contributed by atoms with Crippen molar-refractivity contribution in [2.24, 2.45) is 0 Å². The van der Waals surface area contributed by atoms with Crippen molar-refractivity contribution >= 4 is 17.5 Å². The third-order valence-corrected chi connectivity index (χ3v) is 5.94. The lowest BCUT2D eigenvalue weighted by Crippen LogP contribution is -2.40. The summed E-state index contributed by atoms with van der Waals surface area (Å²) in [6.07, 6.45) is 5.05. The average Bonchev–Trinajstić information content (AvgIpc) is 3.41. The van der Waals surface area contributed by atoms with E-state index in [1.807, 2.05) is 12.1 Å². The minimum atomic E-state index is -0.332. The number of amides is 2. The maximum absolute atomic E-state index is 12.8. The highest BCUT2D eigenvalue weighted by molar-refractivity contribution is 6.02. The van der Waals surface area contributed by atoms with Gasteiger partial charge < -0.3 is 19.8 Å². The van der Waals surface area contributed by atoms with Crippen molar-refractivity contribution in [2.75, 3.05) is 32.1 Å². The molecule has 2 heterocycles. The quantitative estimate of drug-likeness (QED) is 0.531. The maximum Gasteiger partial charge on any atom is 0.291 e.